The lowest BCUT2D eigenvalue weighted by Crippen LogP contribution is -2.28. The molecule has 0 aliphatic heterocycles. The van der Waals surface area contributed by atoms with Gasteiger partial charge in [0.15, 0.2) is 0 Å². The quantitative estimate of drug-likeness (QED) is 0.735. The highest BCUT2D eigenvalue weighted by atomic mass is 32.1. The predicted molar refractivity (Wildman–Crippen MR) is 63.8 cm³/mol. The number of thiazole rings is 1. The maximum absolute atomic E-state index is 11.6. The largest absolute Gasteiger partial charge is 0.340 e. The van der Waals surface area contributed by atoms with Crippen LogP contribution < -0.4 is 0 Å². The minimum absolute atomic E-state index is 0.0469. The van der Waals surface area contributed by atoms with Crippen molar-refractivity contribution < 1.29 is 4.79 Å². The Kier molecular flexibility index (Phi) is 4.49. The van der Waals surface area contributed by atoms with E-state index >= 15 is 0 Å². The van der Waals surface area contributed by atoms with E-state index in [0.717, 1.165) is 23.8 Å². The van der Waals surface area contributed by atoms with Crippen molar-refractivity contribution >= 4 is 23.3 Å². The summed E-state index contributed by atoms with van der Waals surface area (Å²) in [5, 5.41) is 2.96. The lowest BCUT2D eigenvalue weighted by Gasteiger charge is -2.15. The van der Waals surface area contributed by atoms with Gasteiger partial charge in [0, 0.05) is 24.5 Å². The summed E-state index contributed by atoms with van der Waals surface area (Å²) < 4.78 is 0. The summed E-state index contributed by atoms with van der Waals surface area (Å²) in [4.78, 5) is 17.6. The lowest BCUT2D eigenvalue weighted by atomic mass is 10.3. The van der Waals surface area contributed by atoms with Gasteiger partial charge in [0.1, 0.15) is 0 Å². The second-order valence-electron chi connectivity index (χ2n) is 3.14. The average Bonchev–Trinajstić information content (AvgIpc) is 2.63. The Morgan fingerprint density at radius 1 is 1.53 bits per heavy atom. The van der Waals surface area contributed by atoms with Crippen molar-refractivity contribution in [3.8, 4) is 0 Å². The standard InChI is InChI=1S/C11H16N2OS/c1-4-13(5-2)11(14)7-6-10-8-15-9(3)12-10/h6-8H,4-5H2,1-3H3. The van der Waals surface area contributed by atoms with Crippen LogP contribution in [0, 0.1) is 6.92 Å². The van der Waals surface area contributed by atoms with Crippen LogP contribution in [0.15, 0.2) is 11.5 Å². The zero-order valence-corrected chi connectivity index (χ0v) is 10.2. The van der Waals surface area contributed by atoms with Crippen LogP contribution in [0.3, 0.4) is 0 Å². The summed E-state index contributed by atoms with van der Waals surface area (Å²) in [7, 11) is 0. The van der Waals surface area contributed by atoms with Gasteiger partial charge in [0.05, 0.1) is 10.7 Å². The zero-order valence-electron chi connectivity index (χ0n) is 9.36. The third-order valence-electron chi connectivity index (χ3n) is 2.11. The molecule has 4 heteroatoms. The number of carbonyl (C=O) groups excluding carboxylic acids is 1. The molecule has 0 bridgehead atoms. The molecule has 0 aliphatic rings. The fourth-order valence-corrected chi connectivity index (χ4v) is 1.83. The minimum Gasteiger partial charge on any atom is -0.340 e. The van der Waals surface area contributed by atoms with Crippen molar-refractivity contribution in [2.45, 2.75) is 20.8 Å². The van der Waals surface area contributed by atoms with Crippen LogP contribution in [0.5, 0.6) is 0 Å². The first kappa shape index (κ1) is 11.9. The molecule has 15 heavy (non-hydrogen) atoms. The molecule has 0 unspecified atom stereocenters. The molecule has 82 valence electrons. The van der Waals surface area contributed by atoms with Crippen molar-refractivity contribution in [2.75, 3.05) is 13.1 Å². The molecule has 1 amide bonds. The molecular formula is C11H16N2OS. The third-order valence-corrected chi connectivity index (χ3v) is 2.90. The highest BCUT2D eigenvalue weighted by Gasteiger charge is 2.04. The van der Waals surface area contributed by atoms with E-state index in [4.69, 9.17) is 0 Å². The SMILES string of the molecule is CCN(CC)C(=O)C=Cc1csc(C)n1. The van der Waals surface area contributed by atoms with Gasteiger partial charge in [0.2, 0.25) is 5.91 Å². The van der Waals surface area contributed by atoms with Crippen molar-refractivity contribution in [2.24, 2.45) is 0 Å². The highest BCUT2D eigenvalue weighted by Crippen LogP contribution is 2.09. The summed E-state index contributed by atoms with van der Waals surface area (Å²) >= 11 is 1.59. The van der Waals surface area contributed by atoms with Crippen LogP contribution in [0.4, 0.5) is 0 Å². The molecule has 1 rings (SSSR count). The van der Waals surface area contributed by atoms with E-state index in [1.54, 1.807) is 28.4 Å². The van der Waals surface area contributed by atoms with Gasteiger partial charge in [-0.15, -0.1) is 11.3 Å². The van der Waals surface area contributed by atoms with E-state index < -0.39 is 0 Å². The number of carbonyl (C=O) groups is 1. The maximum Gasteiger partial charge on any atom is 0.246 e. The number of likely N-dealkylation sites (N-methyl/N-ethyl adjacent to an activating group) is 1. The van der Waals surface area contributed by atoms with Crippen molar-refractivity contribution in [3.05, 3.63) is 22.2 Å². The average molecular weight is 224 g/mol. The molecule has 3 nitrogen and oxygen atoms in total. The van der Waals surface area contributed by atoms with Crippen LogP contribution in [0.1, 0.15) is 24.5 Å². The summed E-state index contributed by atoms with van der Waals surface area (Å²) in [6, 6.07) is 0. The van der Waals surface area contributed by atoms with Gasteiger partial charge in [-0.25, -0.2) is 4.98 Å². The molecule has 1 heterocycles. The van der Waals surface area contributed by atoms with E-state index in [2.05, 4.69) is 4.98 Å². The van der Waals surface area contributed by atoms with E-state index in [0.29, 0.717) is 0 Å². The van der Waals surface area contributed by atoms with Gasteiger partial charge in [0.25, 0.3) is 0 Å². The van der Waals surface area contributed by atoms with Gasteiger partial charge >= 0.3 is 0 Å². The Hall–Kier alpha value is -1.16. The molecule has 0 N–H and O–H groups in total. The molecule has 0 atom stereocenters. The number of aromatic nitrogens is 1. The third kappa shape index (κ3) is 3.47. The summed E-state index contributed by atoms with van der Waals surface area (Å²) in [5.74, 6) is 0.0469. The van der Waals surface area contributed by atoms with Crippen LogP contribution in [0.2, 0.25) is 0 Å². The number of amides is 1. The molecule has 0 fully saturated rings. The van der Waals surface area contributed by atoms with E-state index in [1.807, 2.05) is 26.2 Å². The van der Waals surface area contributed by atoms with Crippen molar-refractivity contribution in [3.63, 3.8) is 0 Å². The Labute approximate surface area is 94.4 Å². The lowest BCUT2D eigenvalue weighted by molar-refractivity contribution is -0.125. The zero-order chi connectivity index (χ0) is 11.3. The summed E-state index contributed by atoms with van der Waals surface area (Å²) in [6.07, 6.45) is 3.35. The molecule has 1 aromatic heterocycles. The molecule has 0 saturated heterocycles. The Bertz CT molecular complexity index is 353. The monoisotopic (exact) mass is 224 g/mol. The number of aryl methyl sites for hydroxylation is 1. The number of hydrogen-bond acceptors (Lipinski definition) is 3. The van der Waals surface area contributed by atoms with Gasteiger partial charge in [-0.3, -0.25) is 4.79 Å². The van der Waals surface area contributed by atoms with Crippen LogP contribution in [-0.2, 0) is 4.79 Å². The Morgan fingerprint density at radius 3 is 2.67 bits per heavy atom. The van der Waals surface area contributed by atoms with Gasteiger partial charge in [-0.2, -0.15) is 0 Å². The second-order valence-corrected chi connectivity index (χ2v) is 4.20. The molecule has 0 saturated carbocycles. The number of rotatable bonds is 4. The second kappa shape index (κ2) is 5.66. The fraction of sp³-hybridized carbons (Fsp3) is 0.455. The molecule has 0 aliphatic carbocycles. The molecule has 0 spiro atoms. The van der Waals surface area contributed by atoms with E-state index in [9.17, 15) is 4.79 Å². The Balaban J connectivity index is 2.61. The fourth-order valence-electron chi connectivity index (χ4n) is 1.25. The van der Waals surface area contributed by atoms with Crippen molar-refractivity contribution in [1.29, 1.82) is 0 Å². The van der Waals surface area contributed by atoms with E-state index in [1.165, 1.54) is 0 Å². The van der Waals surface area contributed by atoms with Crippen LogP contribution in [0.25, 0.3) is 6.08 Å². The van der Waals surface area contributed by atoms with Crippen LogP contribution >= 0.6 is 11.3 Å². The predicted octanol–water partition coefficient (Wildman–Crippen LogP) is 2.33. The van der Waals surface area contributed by atoms with Crippen molar-refractivity contribution in [1.82, 2.24) is 9.88 Å². The van der Waals surface area contributed by atoms with Gasteiger partial charge < -0.3 is 4.90 Å². The van der Waals surface area contributed by atoms with Crippen LogP contribution in [-0.4, -0.2) is 28.9 Å². The Morgan fingerprint density at radius 2 is 2.20 bits per heavy atom. The smallest absolute Gasteiger partial charge is 0.246 e. The molecular weight excluding hydrogens is 208 g/mol. The maximum atomic E-state index is 11.6. The first-order valence-corrected chi connectivity index (χ1v) is 5.94. The molecule has 0 radical (unpaired) electrons. The summed E-state index contributed by atoms with van der Waals surface area (Å²) in [6.45, 7) is 7.39. The minimum atomic E-state index is 0.0469. The first-order chi connectivity index (χ1) is 7.17. The normalized spacial score (nSPS) is 10.9. The van der Waals surface area contributed by atoms with Gasteiger partial charge in [-0.1, -0.05) is 0 Å². The van der Waals surface area contributed by atoms with E-state index in [-0.39, 0.29) is 5.91 Å². The topological polar surface area (TPSA) is 33.2 Å². The molecule has 1 aromatic rings. The summed E-state index contributed by atoms with van der Waals surface area (Å²) in [5.41, 5.74) is 0.859. The number of hydrogen-bond donors (Lipinski definition) is 0. The van der Waals surface area contributed by atoms with Gasteiger partial charge in [-0.05, 0) is 26.8 Å². The molecule has 0 aromatic carbocycles. The number of nitrogens with zero attached hydrogens (tertiary/aromatic N) is 2. The highest BCUT2D eigenvalue weighted by molar-refractivity contribution is 7.09. The first-order valence-electron chi connectivity index (χ1n) is 5.06.